The Morgan fingerprint density at radius 2 is 2.15 bits per heavy atom. The van der Waals surface area contributed by atoms with Gasteiger partial charge in [0.2, 0.25) is 0 Å². The molecule has 0 amide bonds. The number of hydrogen-bond donors (Lipinski definition) is 1. The zero-order valence-electron chi connectivity index (χ0n) is 12.6. The van der Waals surface area contributed by atoms with Crippen molar-refractivity contribution in [3.8, 4) is 5.75 Å². The minimum atomic E-state index is -0.377. The van der Waals surface area contributed by atoms with Crippen LogP contribution in [0, 0.1) is 11.7 Å². The largest absolute Gasteiger partial charge is 0.508 e. The molecule has 2 nitrogen and oxygen atoms in total. The molecule has 1 fully saturated rings. The minimum absolute atomic E-state index is 0.0758. The molecular formula is C17H26FNO. The Balaban J connectivity index is 2.03. The van der Waals surface area contributed by atoms with Gasteiger partial charge in [0.15, 0.2) is 0 Å². The van der Waals surface area contributed by atoms with Gasteiger partial charge in [-0.2, -0.15) is 0 Å². The number of phenols is 1. The van der Waals surface area contributed by atoms with E-state index in [1.165, 1.54) is 44.2 Å². The molecule has 0 aliphatic carbocycles. The van der Waals surface area contributed by atoms with Crippen LogP contribution in [-0.4, -0.2) is 23.1 Å². The van der Waals surface area contributed by atoms with Crippen molar-refractivity contribution in [3.05, 3.63) is 29.6 Å². The highest BCUT2D eigenvalue weighted by Gasteiger charge is 2.22. The van der Waals surface area contributed by atoms with Crippen LogP contribution >= 0.6 is 0 Å². The number of rotatable bonds is 4. The van der Waals surface area contributed by atoms with Crippen LogP contribution in [0.25, 0.3) is 0 Å². The highest BCUT2D eigenvalue weighted by atomic mass is 19.1. The Kier molecular flexibility index (Phi) is 5.41. The Labute approximate surface area is 121 Å². The Hall–Kier alpha value is -1.09. The summed E-state index contributed by atoms with van der Waals surface area (Å²) in [6.07, 6.45) is 6.35. The van der Waals surface area contributed by atoms with Crippen LogP contribution in [0.3, 0.4) is 0 Å². The van der Waals surface area contributed by atoms with Crippen molar-refractivity contribution >= 4 is 0 Å². The summed E-state index contributed by atoms with van der Waals surface area (Å²) < 4.78 is 13.1. The maximum absolute atomic E-state index is 13.1. The summed E-state index contributed by atoms with van der Waals surface area (Å²) in [5.41, 5.74) is 0.834. The van der Waals surface area contributed by atoms with Crippen molar-refractivity contribution in [1.29, 1.82) is 0 Å². The van der Waals surface area contributed by atoms with Crippen molar-refractivity contribution in [2.75, 3.05) is 13.1 Å². The maximum atomic E-state index is 13.1. The van der Waals surface area contributed by atoms with E-state index < -0.39 is 0 Å². The fourth-order valence-corrected chi connectivity index (χ4v) is 3.34. The maximum Gasteiger partial charge on any atom is 0.126 e. The summed E-state index contributed by atoms with van der Waals surface area (Å²) in [5, 5.41) is 9.93. The monoisotopic (exact) mass is 279 g/mol. The van der Waals surface area contributed by atoms with E-state index in [1.807, 2.05) is 0 Å². The second kappa shape index (κ2) is 7.07. The summed E-state index contributed by atoms with van der Waals surface area (Å²) in [7, 11) is 0. The Bertz CT molecular complexity index is 435. The molecule has 1 saturated heterocycles. The molecule has 0 aromatic heterocycles. The van der Waals surface area contributed by atoms with Gasteiger partial charge in [-0.05, 0) is 51.3 Å². The van der Waals surface area contributed by atoms with Crippen LogP contribution in [0.2, 0.25) is 0 Å². The molecule has 1 aromatic rings. The average molecular weight is 279 g/mol. The molecule has 0 saturated carbocycles. The zero-order valence-corrected chi connectivity index (χ0v) is 12.6. The first-order valence-electron chi connectivity index (χ1n) is 7.84. The van der Waals surface area contributed by atoms with Crippen LogP contribution in [0.15, 0.2) is 18.2 Å². The van der Waals surface area contributed by atoms with E-state index in [1.54, 1.807) is 6.07 Å². The number of aromatic hydroxyl groups is 1. The number of hydrogen-bond acceptors (Lipinski definition) is 2. The number of benzene rings is 1. The van der Waals surface area contributed by atoms with Crippen LogP contribution in [0.5, 0.6) is 5.75 Å². The van der Waals surface area contributed by atoms with Gasteiger partial charge in [-0.25, -0.2) is 4.39 Å². The number of halogens is 1. The van der Waals surface area contributed by atoms with E-state index >= 15 is 0 Å². The van der Waals surface area contributed by atoms with Crippen molar-refractivity contribution in [1.82, 2.24) is 4.90 Å². The SMILES string of the molecule is CCCC1CCCN(C(C)c2ccc(F)cc2O)CC1. The third-order valence-electron chi connectivity index (χ3n) is 4.57. The summed E-state index contributed by atoms with van der Waals surface area (Å²) in [5.74, 6) is 0.545. The van der Waals surface area contributed by atoms with Gasteiger partial charge in [-0.1, -0.05) is 25.8 Å². The first-order chi connectivity index (χ1) is 9.61. The standard InChI is InChI=1S/C17H26FNO/c1-3-5-14-6-4-10-19(11-9-14)13(2)16-8-7-15(18)12-17(16)20/h7-8,12-14,20H,3-6,9-11H2,1-2H3. The van der Waals surface area contributed by atoms with Crippen molar-refractivity contribution in [2.45, 2.75) is 52.0 Å². The van der Waals surface area contributed by atoms with E-state index in [2.05, 4.69) is 18.7 Å². The molecule has 2 atom stereocenters. The van der Waals surface area contributed by atoms with Gasteiger partial charge in [0.25, 0.3) is 0 Å². The molecule has 0 bridgehead atoms. The molecule has 3 heteroatoms. The van der Waals surface area contributed by atoms with E-state index in [0.717, 1.165) is 24.6 Å². The summed E-state index contributed by atoms with van der Waals surface area (Å²) in [6.45, 7) is 6.50. The number of nitrogens with zero attached hydrogens (tertiary/aromatic N) is 1. The predicted octanol–water partition coefficient (Wildman–Crippen LogP) is 4.49. The number of phenolic OH excluding ortho intramolecular Hbond substituents is 1. The van der Waals surface area contributed by atoms with Crippen LogP contribution in [-0.2, 0) is 0 Å². The van der Waals surface area contributed by atoms with E-state index in [4.69, 9.17) is 0 Å². The van der Waals surface area contributed by atoms with E-state index in [-0.39, 0.29) is 17.6 Å². The average Bonchev–Trinajstić information content (AvgIpc) is 2.64. The summed E-state index contributed by atoms with van der Waals surface area (Å²) >= 11 is 0. The molecule has 1 aliphatic heterocycles. The highest BCUT2D eigenvalue weighted by molar-refractivity contribution is 5.35. The smallest absolute Gasteiger partial charge is 0.126 e. The second-order valence-electron chi connectivity index (χ2n) is 6.00. The van der Waals surface area contributed by atoms with E-state index in [0.29, 0.717) is 0 Å². The second-order valence-corrected chi connectivity index (χ2v) is 6.00. The van der Waals surface area contributed by atoms with Gasteiger partial charge < -0.3 is 5.11 Å². The van der Waals surface area contributed by atoms with Gasteiger partial charge in [0.05, 0.1) is 0 Å². The van der Waals surface area contributed by atoms with Crippen molar-refractivity contribution in [3.63, 3.8) is 0 Å². The molecule has 1 aromatic carbocycles. The molecular weight excluding hydrogens is 253 g/mol. The lowest BCUT2D eigenvalue weighted by atomic mass is 9.96. The summed E-state index contributed by atoms with van der Waals surface area (Å²) in [6, 6.07) is 4.51. The lowest BCUT2D eigenvalue weighted by Gasteiger charge is -2.28. The highest BCUT2D eigenvalue weighted by Crippen LogP contribution is 2.32. The lowest BCUT2D eigenvalue weighted by molar-refractivity contribution is 0.212. The van der Waals surface area contributed by atoms with Gasteiger partial charge in [0.1, 0.15) is 11.6 Å². The molecule has 1 heterocycles. The minimum Gasteiger partial charge on any atom is -0.508 e. The van der Waals surface area contributed by atoms with Crippen molar-refractivity contribution in [2.24, 2.45) is 5.92 Å². The third-order valence-corrected chi connectivity index (χ3v) is 4.57. The van der Waals surface area contributed by atoms with Crippen LogP contribution in [0.4, 0.5) is 4.39 Å². The van der Waals surface area contributed by atoms with Crippen LogP contribution < -0.4 is 0 Å². The lowest BCUT2D eigenvalue weighted by Crippen LogP contribution is -2.28. The quantitative estimate of drug-likeness (QED) is 0.877. The van der Waals surface area contributed by atoms with Crippen LogP contribution in [0.1, 0.15) is 57.6 Å². The molecule has 112 valence electrons. The molecule has 0 spiro atoms. The fraction of sp³-hybridized carbons (Fsp3) is 0.647. The van der Waals surface area contributed by atoms with Gasteiger partial charge in [-0.3, -0.25) is 4.90 Å². The predicted molar refractivity (Wildman–Crippen MR) is 80.3 cm³/mol. The zero-order chi connectivity index (χ0) is 14.5. The van der Waals surface area contributed by atoms with E-state index in [9.17, 15) is 9.50 Å². The molecule has 20 heavy (non-hydrogen) atoms. The molecule has 2 rings (SSSR count). The topological polar surface area (TPSA) is 23.5 Å². The van der Waals surface area contributed by atoms with Gasteiger partial charge in [0, 0.05) is 17.7 Å². The Morgan fingerprint density at radius 3 is 2.85 bits per heavy atom. The van der Waals surface area contributed by atoms with Gasteiger partial charge >= 0.3 is 0 Å². The molecule has 1 N–H and O–H groups in total. The Morgan fingerprint density at radius 1 is 1.35 bits per heavy atom. The normalized spacial score (nSPS) is 22.4. The molecule has 2 unspecified atom stereocenters. The first kappa shape index (κ1) is 15.3. The number of likely N-dealkylation sites (tertiary alicyclic amines) is 1. The first-order valence-corrected chi connectivity index (χ1v) is 7.84. The van der Waals surface area contributed by atoms with Crippen molar-refractivity contribution < 1.29 is 9.50 Å². The fourth-order valence-electron chi connectivity index (χ4n) is 3.34. The molecule has 1 aliphatic rings. The van der Waals surface area contributed by atoms with Gasteiger partial charge in [-0.15, -0.1) is 0 Å². The third kappa shape index (κ3) is 3.72. The summed E-state index contributed by atoms with van der Waals surface area (Å²) in [4.78, 5) is 2.42. The molecule has 0 radical (unpaired) electrons.